The number of fused-ring (bicyclic) bond motifs is 2. The number of aryl methyl sites for hydroxylation is 1. The van der Waals surface area contributed by atoms with Gasteiger partial charge in [0, 0.05) is 22.3 Å². The lowest BCUT2D eigenvalue weighted by Gasteiger charge is -2.23. The summed E-state index contributed by atoms with van der Waals surface area (Å²) >= 11 is -1.55. The summed E-state index contributed by atoms with van der Waals surface area (Å²) < 4.78 is 24.2. The maximum absolute atomic E-state index is 13.2. The van der Waals surface area contributed by atoms with Gasteiger partial charge in [0.25, 0.3) is 0 Å². The summed E-state index contributed by atoms with van der Waals surface area (Å²) in [6.07, 6.45) is -0.262. The van der Waals surface area contributed by atoms with Gasteiger partial charge in [-0.1, -0.05) is 25.5 Å². The number of hydrogen-bond acceptors (Lipinski definition) is 5. The number of methoxy groups -OCH3 is 1. The van der Waals surface area contributed by atoms with Gasteiger partial charge >= 0.3 is 5.97 Å². The molecule has 0 spiro atoms. The van der Waals surface area contributed by atoms with Gasteiger partial charge in [-0.05, 0) is 43.5 Å². The number of hydrogen-bond donors (Lipinski definition) is 1. The van der Waals surface area contributed by atoms with E-state index in [1.54, 1.807) is 18.2 Å². The van der Waals surface area contributed by atoms with Crippen LogP contribution in [0.4, 0.5) is 0 Å². The maximum Gasteiger partial charge on any atom is 0.347 e. The van der Waals surface area contributed by atoms with Crippen LogP contribution in [-0.4, -0.2) is 22.7 Å². The first kappa shape index (κ1) is 19.7. The molecule has 0 bridgehead atoms. The van der Waals surface area contributed by atoms with Crippen LogP contribution in [0.2, 0.25) is 0 Å². The Labute approximate surface area is 162 Å². The van der Waals surface area contributed by atoms with Gasteiger partial charge in [-0.15, -0.1) is 0 Å². The van der Waals surface area contributed by atoms with Crippen molar-refractivity contribution in [1.29, 1.82) is 0 Å². The highest BCUT2D eigenvalue weighted by molar-refractivity contribution is 7.91. The second kappa shape index (κ2) is 7.92. The minimum Gasteiger partial charge on any atom is -0.606 e. The number of aliphatic hydroxyl groups is 1. The standard InChI is InChI=1S/C21H24O5S/c1-12(2)9-16(22)15-6-8-18-19(20(15)25-4)21(23)26-11-14-10-13(3)5-7-17(14)27(18)24/h5-8,10,12,16,22H,9,11H2,1-4H3. The van der Waals surface area contributed by atoms with Crippen molar-refractivity contribution in [2.75, 3.05) is 7.11 Å². The van der Waals surface area contributed by atoms with Gasteiger partial charge in [-0.2, -0.15) is 0 Å². The lowest BCUT2D eigenvalue weighted by Crippen LogP contribution is -2.20. The molecule has 0 radical (unpaired) electrons. The van der Waals surface area contributed by atoms with Gasteiger partial charge in [0.05, 0.1) is 13.2 Å². The third-order valence-corrected chi connectivity index (χ3v) is 6.12. The average molecular weight is 388 g/mol. The number of rotatable bonds is 4. The average Bonchev–Trinajstić information content (AvgIpc) is 2.63. The van der Waals surface area contributed by atoms with E-state index >= 15 is 0 Å². The Hall–Kier alpha value is -2.02. The van der Waals surface area contributed by atoms with Crippen LogP contribution in [0, 0.1) is 12.8 Å². The summed E-state index contributed by atoms with van der Waals surface area (Å²) in [5.74, 6) is -0.0987. The zero-order valence-corrected chi connectivity index (χ0v) is 16.8. The third-order valence-electron chi connectivity index (χ3n) is 4.59. The number of benzene rings is 2. The number of esters is 1. The molecule has 6 heteroatoms. The largest absolute Gasteiger partial charge is 0.606 e. The lowest BCUT2D eigenvalue weighted by molar-refractivity contribution is 0.0458. The molecule has 0 aromatic heterocycles. The number of ether oxygens (including phenoxy) is 2. The van der Waals surface area contributed by atoms with Crippen LogP contribution < -0.4 is 4.74 Å². The molecule has 3 rings (SSSR count). The number of aliphatic hydroxyl groups excluding tert-OH is 1. The van der Waals surface area contributed by atoms with Crippen molar-refractivity contribution in [2.45, 2.75) is 49.7 Å². The smallest absolute Gasteiger partial charge is 0.347 e. The first-order valence-electron chi connectivity index (χ1n) is 8.90. The van der Waals surface area contributed by atoms with Crippen LogP contribution in [0.3, 0.4) is 0 Å². The molecule has 5 nitrogen and oxygen atoms in total. The molecule has 27 heavy (non-hydrogen) atoms. The summed E-state index contributed by atoms with van der Waals surface area (Å²) in [4.78, 5) is 13.7. The molecule has 1 N–H and O–H groups in total. The van der Waals surface area contributed by atoms with E-state index in [0.29, 0.717) is 21.8 Å². The van der Waals surface area contributed by atoms with E-state index in [4.69, 9.17) is 9.47 Å². The fourth-order valence-electron chi connectivity index (χ4n) is 3.32. The molecule has 1 aliphatic heterocycles. The van der Waals surface area contributed by atoms with Crippen molar-refractivity contribution in [3.63, 3.8) is 0 Å². The van der Waals surface area contributed by atoms with Gasteiger partial charge in [0.2, 0.25) is 0 Å². The van der Waals surface area contributed by atoms with E-state index in [9.17, 15) is 14.5 Å². The molecule has 1 heterocycles. The van der Waals surface area contributed by atoms with Gasteiger partial charge < -0.3 is 19.1 Å². The van der Waals surface area contributed by atoms with E-state index in [1.165, 1.54) is 7.11 Å². The second-order valence-corrected chi connectivity index (χ2v) is 8.58. The molecule has 0 saturated carbocycles. The Kier molecular flexibility index (Phi) is 5.79. The highest BCUT2D eigenvalue weighted by Gasteiger charge is 2.34. The van der Waals surface area contributed by atoms with Crippen LogP contribution in [-0.2, 0) is 22.5 Å². The minimum atomic E-state index is -1.55. The van der Waals surface area contributed by atoms with Crippen LogP contribution in [0.25, 0.3) is 0 Å². The fourth-order valence-corrected chi connectivity index (χ4v) is 4.66. The summed E-state index contributed by atoms with van der Waals surface area (Å²) in [5.41, 5.74) is 2.37. The summed E-state index contributed by atoms with van der Waals surface area (Å²) in [6, 6.07) is 8.88. The molecule has 2 atom stereocenters. The molecule has 2 unspecified atom stereocenters. The van der Waals surface area contributed by atoms with E-state index in [0.717, 1.165) is 11.1 Å². The Morgan fingerprint density at radius 1 is 1.26 bits per heavy atom. The maximum atomic E-state index is 13.2. The molecular formula is C21H24O5S. The topological polar surface area (TPSA) is 78.8 Å². The van der Waals surface area contributed by atoms with Crippen LogP contribution in [0.15, 0.2) is 40.1 Å². The molecule has 0 saturated heterocycles. The molecule has 0 fully saturated rings. The molecule has 144 valence electrons. The predicted molar refractivity (Wildman–Crippen MR) is 102 cm³/mol. The van der Waals surface area contributed by atoms with Crippen molar-refractivity contribution >= 4 is 17.1 Å². The monoisotopic (exact) mass is 388 g/mol. The van der Waals surface area contributed by atoms with Gasteiger partial charge in [0.1, 0.15) is 12.4 Å². The Balaban J connectivity index is 2.16. The highest BCUT2D eigenvalue weighted by atomic mass is 32.2. The predicted octanol–water partition coefficient (Wildman–Crippen LogP) is 3.92. The first-order chi connectivity index (χ1) is 12.8. The highest BCUT2D eigenvalue weighted by Crippen LogP contribution is 2.40. The Bertz CT molecular complexity index is 862. The zero-order chi connectivity index (χ0) is 19.7. The second-order valence-electron chi connectivity index (χ2n) is 7.16. The lowest BCUT2D eigenvalue weighted by atomic mass is 9.97. The molecule has 2 aromatic carbocycles. The molecular weight excluding hydrogens is 364 g/mol. The number of carbonyl (C=O) groups excluding carboxylic acids is 1. The number of carbonyl (C=O) groups is 1. The molecule has 0 aliphatic carbocycles. The quantitative estimate of drug-likeness (QED) is 0.634. The van der Waals surface area contributed by atoms with E-state index in [-0.39, 0.29) is 23.8 Å². The van der Waals surface area contributed by atoms with Crippen molar-refractivity contribution in [2.24, 2.45) is 5.92 Å². The van der Waals surface area contributed by atoms with Crippen LogP contribution >= 0.6 is 0 Å². The van der Waals surface area contributed by atoms with Crippen molar-refractivity contribution in [3.8, 4) is 5.75 Å². The SMILES string of the molecule is COc1c(C(O)CC(C)C)ccc2c1C(=O)OCc1cc(C)ccc1[S+]2[O-]. The third kappa shape index (κ3) is 3.83. The normalized spacial score (nSPS) is 17.4. The van der Waals surface area contributed by atoms with Gasteiger partial charge in [0.15, 0.2) is 15.4 Å². The van der Waals surface area contributed by atoms with Crippen molar-refractivity contribution in [3.05, 3.63) is 52.6 Å². The molecule has 0 amide bonds. The Morgan fingerprint density at radius 3 is 2.63 bits per heavy atom. The van der Waals surface area contributed by atoms with Crippen molar-refractivity contribution < 1.29 is 23.9 Å². The van der Waals surface area contributed by atoms with Crippen molar-refractivity contribution in [1.82, 2.24) is 0 Å². The van der Waals surface area contributed by atoms with Crippen LogP contribution in [0.5, 0.6) is 5.75 Å². The summed E-state index contributed by atoms with van der Waals surface area (Å²) in [6.45, 7) is 5.99. The first-order valence-corrected chi connectivity index (χ1v) is 10.1. The van der Waals surface area contributed by atoms with E-state index in [2.05, 4.69) is 0 Å². The van der Waals surface area contributed by atoms with Gasteiger partial charge in [-0.25, -0.2) is 4.79 Å². The minimum absolute atomic E-state index is 0.0446. The molecule has 1 aliphatic rings. The Morgan fingerprint density at radius 2 is 1.96 bits per heavy atom. The van der Waals surface area contributed by atoms with Crippen LogP contribution in [0.1, 0.15) is 53.4 Å². The number of cyclic esters (lactones) is 1. The molecule has 2 aromatic rings. The van der Waals surface area contributed by atoms with Gasteiger partial charge in [-0.3, -0.25) is 0 Å². The summed E-state index contributed by atoms with van der Waals surface area (Å²) in [5, 5.41) is 10.6. The summed E-state index contributed by atoms with van der Waals surface area (Å²) in [7, 11) is 1.44. The van der Waals surface area contributed by atoms with E-state index < -0.39 is 23.2 Å². The fraction of sp³-hybridized carbons (Fsp3) is 0.381. The zero-order valence-electron chi connectivity index (χ0n) is 15.9. The van der Waals surface area contributed by atoms with E-state index in [1.807, 2.05) is 32.9 Å².